The van der Waals surface area contributed by atoms with Crippen LogP contribution in [-0.4, -0.2) is 28.7 Å². The van der Waals surface area contributed by atoms with Gasteiger partial charge in [-0.15, -0.1) is 0 Å². The second-order valence-electron chi connectivity index (χ2n) is 18.0. The second-order valence-corrected chi connectivity index (χ2v) is 18.0. The molecule has 0 saturated carbocycles. The van der Waals surface area contributed by atoms with Crippen molar-refractivity contribution in [3.8, 4) is 51.2 Å². The van der Waals surface area contributed by atoms with E-state index in [1.54, 1.807) is 0 Å². The van der Waals surface area contributed by atoms with Crippen LogP contribution in [0.1, 0.15) is 0 Å². The molecule has 0 spiro atoms. The minimum absolute atomic E-state index is 0.506. The number of benzene rings is 10. The van der Waals surface area contributed by atoms with E-state index in [0.717, 1.165) is 121 Å². The van der Waals surface area contributed by atoms with Crippen LogP contribution in [0.4, 0.5) is 0 Å². The van der Waals surface area contributed by atoms with Crippen LogP contribution in [0, 0.1) is 0 Å². The second kappa shape index (κ2) is 15.0. The summed E-state index contributed by atoms with van der Waals surface area (Å²) in [4.78, 5) is 16.5. The Labute approximate surface area is 400 Å². The van der Waals surface area contributed by atoms with Crippen LogP contribution in [0.25, 0.3) is 139 Å². The number of fused-ring (bicyclic) bond motifs is 13. The van der Waals surface area contributed by atoms with Gasteiger partial charge in [0.15, 0.2) is 5.82 Å². The van der Waals surface area contributed by atoms with Gasteiger partial charge in [-0.05, 0) is 76.9 Å². The van der Waals surface area contributed by atoms with Crippen LogP contribution in [0.2, 0.25) is 0 Å². The minimum Gasteiger partial charge on any atom is -0.456 e. The van der Waals surface area contributed by atoms with Gasteiger partial charge in [0.25, 0.3) is 0 Å². The van der Waals surface area contributed by atoms with Crippen LogP contribution in [0.5, 0.6) is 0 Å². The molecule has 0 aliphatic carbocycles. The van der Waals surface area contributed by atoms with Crippen LogP contribution in [0.3, 0.4) is 0 Å². The minimum atomic E-state index is 0.506. The quantitative estimate of drug-likeness (QED) is 0.167. The molecule has 0 unspecified atom stereocenters. The summed E-state index contributed by atoms with van der Waals surface area (Å²) in [6.45, 7) is 0. The van der Waals surface area contributed by atoms with Gasteiger partial charge in [0, 0.05) is 54.3 Å². The Balaban J connectivity index is 1.05. The highest BCUT2D eigenvalue weighted by Crippen LogP contribution is 2.43. The maximum Gasteiger partial charge on any atom is 0.240 e. The van der Waals surface area contributed by atoms with Gasteiger partial charge in [-0.3, -0.25) is 9.13 Å². The maximum absolute atomic E-state index is 6.70. The lowest BCUT2D eigenvalue weighted by molar-refractivity contribution is 0.669. The Hall–Kier alpha value is -9.59. The van der Waals surface area contributed by atoms with Crippen molar-refractivity contribution in [2.75, 3.05) is 0 Å². The molecule has 0 fully saturated rings. The lowest BCUT2D eigenvalue weighted by Gasteiger charge is -2.14. The fourth-order valence-electron chi connectivity index (χ4n) is 11.1. The fraction of sp³-hybridized carbons (Fsp3) is 0. The zero-order valence-corrected chi connectivity index (χ0v) is 37.5. The number of hydrogen-bond acceptors (Lipinski definition) is 4. The largest absolute Gasteiger partial charge is 0.456 e. The summed E-state index contributed by atoms with van der Waals surface area (Å²) < 4.78 is 13.6. The first-order chi connectivity index (χ1) is 34.7. The predicted octanol–water partition coefficient (Wildman–Crippen LogP) is 16.1. The molecule has 0 N–H and O–H groups in total. The third-order valence-corrected chi connectivity index (χ3v) is 14.1. The van der Waals surface area contributed by atoms with E-state index in [2.05, 4.69) is 232 Å². The zero-order valence-electron chi connectivity index (χ0n) is 37.5. The zero-order chi connectivity index (χ0) is 45.9. The van der Waals surface area contributed by atoms with Crippen LogP contribution in [0.15, 0.2) is 235 Å². The lowest BCUT2D eigenvalue weighted by Crippen LogP contribution is -2.10. The van der Waals surface area contributed by atoms with Gasteiger partial charge in [-0.2, -0.15) is 15.0 Å². The first-order valence-electron chi connectivity index (χ1n) is 23.6. The third kappa shape index (κ3) is 5.66. The monoisotopic (exact) mass is 894 g/mol. The smallest absolute Gasteiger partial charge is 0.240 e. The molecular formula is C63H38N6O. The number of hydrogen-bond donors (Lipinski definition) is 0. The first-order valence-corrected chi connectivity index (χ1v) is 23.6. The van der Waals surface area contributed by atoms with E-state index >= 15 is 0 Å². The maximum atomic E-state index is 6.70. The molecule has 7 heteroatoms. The molecular weight excluding hydrogens is 857 g/mol. The van der Waals surface area contributed by atoms with Crippen molar-refractivity contribution in [1.82, 2.24) is 28.7 Å². The van der Waals surface area contributed by atoms with Gasteiger partial charge in [0.2, 0.25) is 11.9 Å². The Kier molecular flexibility index (Phi) is 8.23. The average Bonchev–Trinajstić information content (AvgIpc) is 4.18. The topological polar surface area (TPSA) is 66.6 Å². The fourth-order valence-corrected chi connectivity index (χ4v) is 11.1. The highest BCUT2D eigenvalue weighted by atomic mass is 16.3. The van der Waals surface area contributed by atoms with Crippen molar-refractivity contribution in [2.45, 2.75) is 0 Å². The number of aromatic nitrogens is 6. The molecule has 0 saturated heterocycles. The van der Waals surface area contributed by atoms with Crippen molar-refractivity contribution >= 4 is 87.4 Å². The highest BCUT2D eigenvalue weighted by molar-refractivity contribution is 6.24. The van der Waals surface area contributed by atoms with Gasteiger partial charge in [0.1, 0.15) is 11.2 Å². The summed E-state index contributed by atoms with van der Waals surface area (Å²) in [5.74, 6) is 1.55. The molecule has 0 aliphatic heterocycles. The predicted molar refractivity (Wildman–Crippen MR) is 286 cm³/mol. The first kappa shape index (κ1) is 38.5. The molecule has 0 amide bonds. The van der Waals surface area contributed by atoms with Crippen LogP contribution < -0.4 is 0 Å². The summed E-state index contributed by atoms with van der Waals surface area (Å²) in [5, 5.41) is 8.87. The molecule has 0 radical (unpaired) electrons. The van der Waals surface area contributed by atoms with Crippen molar-refractivity contribution in [1.29, 1.82) is 0 Å². The normalized spacial score (nSPS) is 12.0. The Morgan fingerprint density at radius 3 is 1.46 bits per heavy atom. The molecule has 15 aromatic rings. The van der Waals surface area contributed by atoms with E-state index < -0.39 is 0 Å². The van der Waals surface area contributed by atoms with Gasteiger partial charge < -0.3 is 8.98 Å². The van der Waals surface area contributed by atoms with Crippen molar-refractivity contribution in [2.24, 2.45) is 0 Å². The van der Waals surface area contributed by atoms with Crippen LogP contribution in [-0.2, 0) is 0 Å². The molecule has 15 rings (SSSR count). The summed E-state index contributed by atoms with van der Waals surface area (Å²) >= 11 is 0. The van der Waals surface area contributed by atoms with E-state index in [1.165, 1.54) is 0 Å². The number of rotatable bonds is 6. The van der Waals surface area contributed by atoms with Gasteiger partial charge in [-0.25, -0.2) is 0 Å². The molecule has 0 atom stereocenters. The van der Waals surface area contributed by atoms with E-state index in [1.807, 2.05) is 12.1 Å². The molecule has 5 heterocycles. The lowest BCUT2D eigenvalue weighted by atomic mass is 9.99. The average molecular weight is 895 g/mol. The number of furan rings is 1. The molecule has 70 heavy (non-hydrogen) atoms. The van der Waals surface area contributed by atoms with E-state index in [4.69, 9.17) is 19.4 Å². The molecule has 0 bridgehead atoms. The molecule has 5 aromatic heterocycles. The Morgan fingerprint density at radius 2 is 0.800 bits per heavy atom. The summed E-state index contributed by atoms with van der Waals surface area (Å²) in [6.07, 6.45) is 0. The van der Waals surface area contributed by atoms with Crippen molar-refractivity contribution in [3.63, 3.8) is 0 Å². The molecule has 0 aliphatic rings. The SMILES string of the molecule is c1ccc(-c2cccc(-n3c4ccccc4c4ccc5c6ccccc6n(-c6nc(-c7ccc8c(c7)oc7cccc(-c9ccccc9)c78)nc(-n7c8ccccc8c8ccccc87)n6)c5c43)c2)cc1. The van der Waals surface area contributed by atoms with Crippen molar-refractivity contribution < 1.29 is 4.42 Å². The molecule has 10 aromatic carbocycles. The van der Waals surface area contributed by atoms with E-state index in [-0.39, 0.29) is 0 Å². The van der Waals surface area contributed by atoms with Gasteiger partial charge in [-0.1, -0.05) is 176 Å². The van der Waals surface area contributed by atoms with Gasteiger partial charge >= 0.3 is 0 Å². The Morgan fingerprint density at radius 1 is 0.300 bits per heavy atom. The number of para-hydroxylation sites is 4. The standard InChI is InChI=1S/C63H38N6O/c1-3-17-39(18-4-1)41-21-15-22-43(37-41)67-52-28-11-9-25-47(52)49-35-36-50-48-26-10-14-31-55(48)69(60(50)59(49)67)63-65-61(64-62(66-63)68-53-29-12-7-23-45(53)46-24-8-13-30-54(46)68)42-33-34-51-57(38-42)70-56-32-16-27-44(58(51)56)40-19-5-2-6-20-40/h1-38H. The van der Waals surface area contributed by atoms with Crippen LogP contribution >= 0.6 is 0 Å². The summed E-state index contributed by atoms with van der Waals surface area (Å²) in [6, 6.07) is 81.4. The van der Waals surface area contributed by atoms with E-state index in [0.29, 0.717) is 17.7 Å². The highest BCUT2D eigenvalue weighted by Gasteiger charge is 2.25. The molecule has 7 nitrogen and oxygen atoms in total. The van der Waals surface area contributed by atoms with Gasteiger partial charge in [0.05, 0.1) is 33.1 Å². The molecule has 326 valence electrons. The van der Waals surface area contributed by atoms with Crippen molar-refractivity contribution in [3.05, 3.63) is 231 Å². The Bertz CT molecular complexity index is 4540. The summed E-state index contributed by atoms with van der Waals surface area (Å²) in [5.41, 5.74) is 14.2. The van der Waals surface area contributed by atoms with E-state index in [9.17, 15) is 0 Å². The summed E-state index contributed by atoms with van der Waals surface area (Å²) in [7, 11) is 0. The number of nitrogens with zero attached hydrogens (tertiary/aromatic N) is 6. The third-order valence-electron chi connectivity index (χ3n) is 14.1.